The number of sulfonamides is 1. The smallest absolute Gasteiger partial charge is 0.338 e. The van der Waals surface area contributed by atoms with Crippen molar-refractivity contribution in [2.45, 2.75) is 36.8 Å². The van der Waals surface area contributed by atoms with Gasteiger partial charge in [0.1, 0.15) is 0 Å². The van der Waals surface area contributed by atoms with Crippen molar-refractivity contribution in [2.24, 2.45) is 0 Å². The molecule has 0 bridgehead atoms. The van der Waals surface area contributed by atoms with E-state index in [1.807, 2.05) is 30.3 Å². The monoisotopic (exact) mass is 373 g/mol. The molecule has 6 nitrogen and oxygen atoms in total. The van der Waals surface area contributed by atoms with E-state index in [4.69, 9.17) is 4.74 Å². The summed E-state index contributed by atoms with van der Waals surface area (Å²) >= 11 is 0. The first-order valence-corrected chi connectivity index (χ1v) is 9.81. The molecule has 1 saturated carbocycles. The molecule has 136 valence electrons. The van der Waals surface area contributed by atoms with E-state index in [0.29, 0.717) is 19.3 Å². The number of esters is 1. The predicted molar refractivity (Wildman–Crippen MR) is 95.0 cm³/mol. The summed E-state index contributed by atoms with van der Waals surface area (Å²) in [6.07, 6.45) is 0.907. The molecule has 1 N–H and O–H groups in total. The summed E-state index contributed by atoms with van der Waals surface area (Å²) < 4.78 is 32.6. The van der Waals surface area contributed by atoms with Gasteiger partial charge >= 0.3 is 5.97 Å². The molecule has 0 aliphatic heterocycles. The average molecular weight is 373 g/mol. The van der Waals surface area contributed by atoms with Gasteiger partial charge in [0, 0.05) is 13.0 Å². The van der Waals surface area contributed by atoms with Crippen LogP contribution in [0.1, 0.15) is 35.2 Å². The van der Waals surface area contributed by atoms with Crippen LogP contribution in [0.25, 0.3) is 0 Å². The Morgan fingerprint density at radius 2 is 1.88 bits per heavy atom. The Balaban J connectivity index is 1.71. The van der Waals surface area contributed by atoms with Crippen LogP contribution in [0, 0.1) is 0 Å². The van der Waals surface area contributed by atoms with Gasteiger partial charge in [-0.15, -0.1) is 0 Å². The van der Waals surface area contributed by atoms with E-state index in [1.54, 1.807) is 0 Å². The summed E-state index contributed by atoms with van der Waals surface area (Å²) in [6, 6.07) is 14.7. The second kappa shape index (κ2) is 7.80. The van der Waals surface area contributed by atoms with Gasteiger partial charge in [-0.25, -0.2) is 17.9 Å². The van der Waals surface area contributed by atoms with E-state index >= 15 is 0 Å². The minimum Gasteiger partial charge on any atom is -0.451 e. The third-order valence-corrected chi connectivity index (χ3v) is 5.59. The van der Waals surface area contributed by atoms with Crippen molar-refractivity contribution in [3.8, 4) is 0 Å². The molecular formula is C19H19NO5S. The normalized spacial score (nSPS) is 17.2. The van der Waals surface area contributed by atoms with E-state index in [0.717, 1.165) is 5.56 Å². The first kappa shape index (κ1) is 18.3. The molecule has 0 heterocycles. The fourth-order valence-electron chi connectivity index (χ4n) is 2.75. The molecule has 3 rings (SSSR count). The van der Waals surface area contributed by atoms with Crippen LogP contribution in [-0.2, 0) is 26.1 Å². The van der Waals surface area contributed by atoms with Crippen molar-refractivity contribution < 1.29 is 22.7 Å². The number of ketones is 1. The Morgan fingerprint density at radius 1 is 1.12 bits per heavy atom. The van der Waals surface area contributed by atoms with E-state index in [9.17, 15) is 18.0 Å². The van der Waals surface area contributed by atoms with Gasteiger partial charge < -0.3 is 4.74 Å². The molecule has 0 aromatic heterocycles. The lowest BCUT2D eigenvalue weighted by Crippen LogP contribution is -2.24. The topological polar surface area (TPSA) is 89.5 Å². The van der Waals surface area contributed by atoms with Crippen LogP contribution in [0.2, 0.25) is 0 Å². The molecule has 26 heavy (non-hydrogen) atoms. The molecule has 0 radical (unpaired) electrons. The molecule has 2 aromatic carbocycles. The van der Waals surface area contributed by atoms with Gasteiger partial charge in [-0.05, 0) is 36.6 Å². The highest BCUT2D eigenvalue weighted by Gasteiger charge is 2.28. The Labute approximate surface area is 152 Å². The van der Waals surface area contributed by atoms with Gasteiger partial charge in [0.2, 0.25) is 10.0 Å². The van der Waals surface area contributed by atoms with Gasteiger partial charge in [0.05, 0.1) is 10.5 Å². The molecule has 1 fully saturated rings. The van der Waals surface area contributed by atoms with Crippen LogP contribution >= 0.6 is 0 Å². The zero-order valence-electron chi connectivity index (χ0n) is 14.1. The highest BCUT2D eigenvalue weighted by Crippen LogP contribution is 2.20. The van der Waals surface area contributed by atoms with Crippen molar-refractivity contribution in [3.05, 3.63) is 65.7 Å². The minimum absolute atomic E-state index is 0.0272. The molecule has 0 amide bonds. The van der Waals surface area contributed by atoms with Crippen molar-refractivity contribution >= 4 is 21.8 Å². The summed E-state index contributed by atoms with van der Waals surface area (Å²) in [5, 5.41) is 0. The molecule has 0 saturated heterocycles. The average Bonchev–Trinajstić information content (AvgIpc) is 3.06. The maximum absolute atomic E-state index is 12.5. The number of rotatable bonds is 6. The summed E-state index contributed by atoms with van der Waals surface area (Å²) in [5.74, 6) is -0.781. The third kappa shape index (κ3) is 4.36. The van der Waals surface area contributed by atoms with Crippen LogP contribution in [-0.4, -0.2) is 26.3 Å². The van der Waals surface area contributed by atoms with Crippen molar-refractivity contribution in [1.82, 2.24) is 4.72 Å². The minimum atomic E-state index is -3.78. The standard InChI is InChI=1S/C19H19NO5S/c21-17-10-5-11-18(17)25-19(22)15-8-4-9-16(12-15)26(23,24)20-13-14-6-2-1-3-7-14/h1-4,6-9,12,18,20H,5,10-11,13H2/t18-/m0/s1. The molecule has 7 heteroatoms. The second-order valence-electron chi connectivity index (χ2n) is 6.09. The van der Waals surface area contributed by atoms with Gasteiger partial charge in [-0.2, -0.15) is 0 Å². The Hall–Kier alpha value is -2.51. The van der Waals surface area contributed by atoms with Crippen LogP contribution in [0.15, 0.2) is 59.5 Å². The third-order valence-electron chi connectivity index (χ3n) is 4.19. The lowest BCUT2D eigenvalue weighted by atomic mass is 10.2. The highest BCUT2D eigenvalue weighted by molar-refractivity contribution is 7.89. The van der Waals surface area contributed by atoms with Gasteiger partial charge in [-0.3, -0.25) is 4.79 Å². The number of nitrogens with one attached hydrogen (secondary N) is 1. The number of hydrogen-bond acceptors (Lipinski definition) is 5. The van der Waals surface area contributed by atoms with E-state index in [-0.39, 0.29) is 22.8 Å². The van der Waals surface area contributed by atoms with E-state index in [1.165, 1.54) is 24.3 Å². The van der Waals surface area contributed by atoms with Crippen LogP contribution in [0.4, 0.5) is 0 Å². The largest absolute Gasteiger partial charge is 0.451 e. The first-order chi connectivity index (χ1) is 12.5. The predicted octanol–water partition coefficient (Wildman–Crippen LogP) is 2.44. The molecule has 0 unspecified atom stereocenters. The van der Waals surface area contributed by atoms with Gasteiger partial charge in [0.25, 0.3) is 0 Å². The van der Waals surface area contributed by atoms with Crippen molar-refractivity contribution in [2.75, 3.05) is 0 Å². The summed E-state index contributed by atoms with van der Waals surface area (Å²) in [5.41, 5.74) is 0.929. The van der Waals surface area contributed by atoms with Crippen LogP contribution in [0.5, 0.6) is 0 Å². The summed E-state index contributed by atoms with van der Waals surface area (Å²) in [6.45, 7) is 0.147. The molecule has 1 aliphatic carbocycles. The summed E-state index contributed by atoms with van der Waals surface area (Å²) in [4.78, 5) is 23.8. The number of carbonyl (C=O) groups is 2. The maximum Gasteiger partial charge on any atom is 0.338 e. The molecule has 1 atom stereocenters. The molecule has 2 aromatic rings. The number of carbonyl (C=O) groups excluding carboxylic acids is 2. The van der Waals surface area contributed by atoms with Crippen molar-refractivity contribution in [1.29, 1.82) is 0 Å². The van der Waals surface area contributed by atoms with Crippen LogP contribution < -0.4 is 4.72 Å². The number of benzene rings is 2. The molecular weight excluding hydrogens is 354 g/mol. The number of hydrogen-bond donors (Lipinski definition) is 1. The molecule has 1 aliphatic rings. The van der Waals surface area contributed by atoms with Crippen molar-refractivity contribution in [3.63, 3.8) is 0 Å². The highest BCUT2D eigenvalue weighted by atomic mass is 32.2. The lowest BCUT2D eigenvalue weighted by molar-refractivity contribution is -0.124. The number of ether oxygens (including phenoxy) is 1. The lowest BCUT2D eigenvalue weighted by Gasteiger charge is -2.11. The zero-order valence-corrected chi connectivity index (χ0v) is 14.9. The van der Waals surface area contributed by atoms with Gasteiger partial charge in [0.15, 0.2) is 11.9 Å². The Morgan fingerprint density at radius 3 is 2.58 bits per heavy atom. The van der Waals surface area contributed by atoms with Gasteiger partial charge in [-0.1, -0.05) is 36.4 Å². The SMILES string of the molecule is O=C(O[C@H]1CCCC1=O)c1cccc(S(=O)(=O)NCc2ccccc2)c1. The Bertz CT molecular complexity index is 909. The number of Topliss-reactive ketones (excluding diaryl/α,β-unsaturated/α-hetero) is 1. The zero-order chi connectivity index (χ0) is 18.6. The second-order valence-corrected chi connectivity index (χ2v) is 7.86. The first-order valence-electron chi connectivity index (χ1n) is 8.33. The fraction of sp³-hybridized carbons (Fsp3) is 0.263. The summed E-state index contributed by atoms with van der Waals surface area (Å²) in [7, 11) is -3.78. The Kier molecular flexibility index (Phi) is 5.49. The quantitative estimate of drug-likeness (QED) is 0.786. The van der Waals surface area contributed by atoms with E-state index in [2.05, 4.69) is 4.72 Å². The maximum atomic E-state index is 12.5. The van der Waals surface area contributed by atoms with Crippen LogP contribution in [0.3, 0.4) is 0 Å². The molecule has 0 spiro atoms. The van der Waals surface area contributed by atoms with E-state index < -0.39 is 22.1 Å². The fourth-order valence-corrected chi connectivity index (χ4v) is 3.82.